The Labute approximate surface area is 139 Å². The van der Waals surface area contributed by atoms with Crippen LogP contribution in [0.3, 0.4) is 0 Å². The first-order chi connectivity index (χ1) is 11.2. The molecule has 0 atom stereocenters. The van der Waals surface area contributed by atoms with Gasteiger partial charge in [-0.1, -0.05) is 42.1 Å². The van der Waals surface area contributed by atoms with Gasteiger partial charge in [-0.3, -0.25) is 9.59 Å². The fraction of sp³-hybridized carbons (Fsp3) is 0.353. The average Bonchev–Trinajstić information content (AvgIpc) is 2.52. The van der Waals surface area contributed by atoms with Gasteiger partial charge in [0, 0.05) is 24.7 Å². The first kappa shape index (κ1) is 17.3. The summed E-state index contributed by atoms with van der Waals surface area (Å²) in [6.45, 7) is 2.20. The van der Waals surface area contributed by atoms with E-state index in [1.165, 1.54) is 17.8 Å². The lowest BCUT2D eigenvalue weighted by Crippen LogP contribution is -2.10. The molecule has 23 heavy (non-hydrogen) atoms. The molecular formula is C17H20N2O3S. The molecule has 2 aromatic rings. The summed E-state index contributed by atoms with van der Waals surface area (Å²) in [5.74, 6) is 0.517. The van der Waals surface area contributed by atoms with Crippen LogP contribution in [0.5, 0.6) is 0 Å². The molecular weight excluding hydrogens is 312 g/mol. The molecule has 0 fully saturated rings. The van der Waals surface area contributed by atoms with Crippen molar-refractivity contribution in [3.63, 3.8) is 0 Å². The van der Waals surface area contributed by atoms with Crippen LogP contribution in [0.15, 0.2) is 46.3 Å². The lowest BCUT2D eigenvalue weighted by Gasteiger charge is -2.05. The number of nitrogens with one attached hydrogen (secondary N) is 1. The predicted molar refractivity (Wildman–Crippen MR) is 90.7 cm³/mol. The summed E-state index contributed by atoms with van der Waals surface area (Å²) in [6.07, 6.45) is 1.70. The van der Waals surface area contributed by atoms with E-state index in [-0.39, 0.29) is 11.5 Å². The van der Waals surface area contributed by atoms with Gasteiger partial charge in [0.2, 0.25) is 0 Å². The molecule has 6 heteroatoms. The van der Waals surface area contributed by atoms with Crippen LogP contribution in [0.25, 0.3) is 0 Å². The molecule has 0 spiro atoms. The summed E-state index contributed by atoms with van der Waals surface area (Å²) < 4.78 is 4.88. The van der Waals surface area contributed by atoms with Crippen LogP contribution in [0.2, 0.25) is 0 Å². The van der Waals surface area contributed by atoms with Gasteiger partial charge in [-0.05, 0) is 18.9 Å². The molecule has 5 nitrogen and oxygen atoms in total. The van der Waals surface area contributed by atoms with Crippen molar-refractivity contribution in [2.24, 2.45) is 0 Å². The Bertz CT molecular complexity index is 686. The number of carbonyl (C=O) groups is 1. The molecule has 1 heterocycles. The van der Waals surface area contributed by atoms with Crippen molar-refractivity contribution in [1.82, 2.24) is 9.97 Å². The van der Waals surface area contributed by atoms with Gasteiger partial charge in [0.05, 0.1) is 12.3 Å². The van der Waals surface area contributed by atoms with Crippen molar-refractivity contribution in [3.05, 3.63) is 58.0 Å². The minimum atomic E-state index is -0.188. The molecule has 2 rings (SSSR count). The molecule has 0 aliphatic heterocycles. The monoisotopic (exact) mass is 332 g/mol. The highest BCUT2D eigenvalue weighted by molar-refractivity contribution is 7.99. The first-order valence-electron chi connectivity index (χ1n) is 7.60. The highest BCUT2D eigenvalue weighted by Gasteiger charge is 2.05. The van der Waals surface area contributed by atoms with E-state index in [0.29, 0.717) is 36.8 Å². The second-order valence-corrected chi connectivity index (χ2v) is 6.04. The zero-order valence-electron chi connectivity index (χ0n) is 13.1. The van der Waals surface area contributed by atoms with E-state index in [1.807, 2.05) is 30.3 Å². The van der Waals surface area contributed by atoms with Crippen LogP contribution < -0.4 is 5.56 Å². The predicted octanol–water partition coefficient (Wildman–Crippen LogP) is 2.80. The summed E-state index contributed by atoms with van der Waals surface area (Å²) in [5.41, 5.74) is 1.70. The van der Waals surface area contributed by atoms with Gasteiger partial charge in [-0.25, -0.2) is 4.98 Å². The number of H-pyrrole nitrogens is 1. The summed E-state index contributed by atoms with van der Waals surface area (Å²) in [5, 5.41) is 0.590. The highest BCUT2D eigenvalue weighted by Crippen LogP contribution is 2.15. The third-order valence-corrected chi connectivity index (χ3v) is 4.03. The highest BCUT2D eigenvalue weighted by atomic mass is 32.2. The third-order valence-electron chi connectivity index (χ3n) is 3.07. The van der Waals surface area contributed by atoms with Crippen molar-refractivity contribution in [1.29, 1.82) is 0 Å². The molecule has 1 aromatic heterocycles. The Morgan fingerprint density at radius 3 is 2.83 bits per heavy atom. The number of nitrogens with zero attached hydrogens (tertiary/aromatic N) is 1. The van der Waals surface area contributed by atoms with Crippen molar-refractivity contribution in [2.45, 2.75) is 31.3 Å². The Kier molecular flexibility index (Phi) is 6.87. The second kappa shape index (κ2) is 9.15. The Hall–Kier alpha value is -2.08. The minimum Gasteiger partial charge on any atom is -0.466 e. The van der Waals surface area contributed by atoms with Gasteiger partial charge in [0.15, 0.2) is 5.16 Å². The molecule has 0 unspecified atom stereocenters. The van der Waals surface area contributed by atoms with Crippen molar-refractivity contribution in [3.8, 4) is 0 Å². The zero-order chi connectivity index (χ0) is 16.5. The molecule has 0 radical (unpaired) electrons. The summed E-state index contributed by atoms with van der Waals surface area (Å²) in [7, 11) is 0. The second-order valence-electron chi connectivity index (χ2n) is 4.96. The molecule has 0 saturated heterocycles. The molecule has 1 aromatic carbocycles. The molecule has 0 bridgehead atoms. The van der Waals surface area contributed by atoms with Crippen LogP contribution in [0.4, 0.5) is 0 Å². The number of hydrogen-bond donors (Lipinski definition) is 1. The maximum Gasteiger partial charge on any atom is 0.305 e. The van der Waals surface area contributed by atoms with Crippen molar-refractivity contribution >= 4 is 17.7 Å². The summed E-state index contributed by atoms with van der Waals surface area (Å²) >= 11 is 1.44. The van der Waals surface area contributed by atoms with Gasteiger partial charge < -0.3 is 9.72 Å². The van der Waals surface area contributed by atoms with Gasteiger partial charge in [0.25, 0.3) is 5.56 Å². The van der Waals surface area contributed by atoms with Gasteiger partial charge in [-0.2, -0.15) is 0 Å². The van der Waals surface area contributed by atoms with Crippen LogP contribution in [0, 0.1) is 0 Å². The number of hydrogen-bond acceptors (Lipinski definition) is 5. The van der Waals surface area contributed by atoms with Crippen LogP contribution in [-0.4, -0.2) is 28.3 Å². The lowest BCUT2D eigenvalue weighted by atomic mass is 10.1. The van der Waals surface area contributed by atoms with Crippen molar-refractivity contribution < 1.29 is 9.53 Å². The quantitative estimate of drug-likeness (QED) is 0.348. The van der Waals surface area contributed by atoms with Crippen molar-refractivity contribution in [2.75, 3.05) is 12.4 Å². The molecule has 0 aliphatic carbocycles. The summed E-state index contributed by atoms with van der Waals surface area (Å²) in [4.78, 5) is 30.2. The number of carbonyl (C=O) groups excluding carboxylic acids is 1. The number of ether oxygens (including phenoxy) is 1. The zero-order valence-corrected chi connectivity index (χ0v) is 13.9. The van der Waals surface area contributed by atoms with Crippen LogP contribution in [0.1, 0.15) is 31.0 Å². The van der Waals surface area contributed by atoms with E-state index in [4.69, 9.17) is 4.74 Å². The Morgan fingerprint density at radius 1 is 1.30 bits per heavy atom. The molecule has 0 amide bonds. The fourth-order valence-electron chi connectivity index (χ4n) is 2.07. The molecule has 0 aliphatic rings. The molecule has 1 N–H and O–H groups in total. The van der Waals surface area contributed by atoms with Gasteiger partial charge in [0.1, 0.15) is 0 Å². The van der Waals surface area contributed by atoms with Crippen LogP contribution in [-0.2, 0) is 16.0 Å². The number of rotatable bonds is 8. The number of aromatic nitrogens is 2. The van der Waals surface area contributed by atoms with Crippen LogP contribution >= 0.6 is 11.8 Å². The number of thioether (sulfide) groups is 1. The first-order valence-corrected chi connectivity index (χ1v) is 8.58. The van der Waals surface area contributed by atoms with E-state index in [2.05, 4.69) is 9.97 Å². The van der Waals surface area contributed by atoms with Gasteiger partial charge >= 0.3 is 5.97 Å². The standard InChI is InChI=1S/C17H20N2O3S/c1-2-22-16(21)9-6-10-23-17-18-14(12-15(20)19-17)11-13-7-4-3-5-8-13/h3-5,7-8,12H,2,6,9-11H2,1H3,(H,18,19,20). The van der Waals surface area contributed by atoms with E-state index in [0.717, 1.165) is 11.3 Å². The van der Waals surface area contributed by atoms with E-state index >= 15 is 0 Å². The third kappa shape index (κ3) is 6.28. The topological polar surface area (TPSA) is 72.0 Å². The number of aromatic amines is 1. The SMILES string of the molecule is CCOC(=O)CCCSc1nc(Cc2ccccc2)cc(=O)[nH]1. The Morgan fingerprint density at radius 2 is 2.09 bits per heavy atom. The minimum absolute atomic E-state index is 0.154. The number of benzene rings is 1. The summed E-state index contributed by atoms with van der Waals surface area (Å²) in [6, 6.07) is 11.4. The average molecular weight is 332 g/mol. The van der Waals surface area contributed by atoms with E-state index < -0.39 is 0 Å². The Balaban J connectivity index is 1.90. The lowest BCUT2D eigenvalue weighted by molar-refractivity contribution is -0.143. The normalized spacial score (nSPS) is 10.5. The largest absolute Gasteiger partial charge is 0.466 e. The van der Waals surface area contributed by atoms with E-state index in [9.17, 15) is 9.59 Å². The van der Waals surface area contributed by atoms with E-state index in [1.54, 1.807) is 6.92 Å². The maximum absolute atomic E-state index is 11.7. The maximum atomic E-state index is 11.7. The fourth-order valence-corrected chi connectivity index (χ4v) is 2.90. The molecule has 122 valence electrons. The van der Waals surface area contributed by atoms with Gasteiger partial charge in [-0.15, -0.1) is 0 Å². The molecule has 0 saturated carbocycles. The smallest absolute Gasteiger partial charge is 0.305 e. The number of esters is 1.